The Balaban J connectivity index is 1.85. The van der Waals surface area contributed by atoms with Crippen LogP contribution in [-0.2, 0) is 11.2 Å². The van der Waals surface area contributed by atoms with Crippen molar-refractivity contribution in [1.29, 1.82) is 0 Å². The van der Waals surface area contributed by atoms with Gasteiger partial charge in [-0.1, -0.05) is 11.6 Å². The molecule has 0 atom stereocenters. The minimum atomic E-state index is -0.464. The zero-order chi connectivity index (χ0) is 24.6. The van der Waals surface area contributed by atoms with Gasteiger partial charge in [-0.15, -0.1) is 11.3 Å². The topological polar surface area (TPSA) is 75.3 Å². The summed E-state index contributed by atoms with van der Waals surface area (Å²) in [5.41, 5.74) is 2.82. The monoisotopic (exact) mass is 495 g/mol. The third-order valence-corrected chi connectivity index (χ3v) is 6.66. The number of nitrogens with zero attached hydrogens (tertiary/aromatic N) is 2. The molecule has 0 fully saturated rings. The maximum atomic E-state index is 13.6. The van der Waals surface area contributed by atoms with E-state index in [-0.39, 0.29) is 18.1 Å². The van der Waals surface area contributed by atoms with Crippen molar-refractivity contribution in [1.82, 2.24) is 9.97 Å². The van der Waals surface area contributed by atoms with E-state index in [0.29, 0.717) is 32.4 Å². The number of ketones is 1. The third kappa shape index (κ3) is 4.45. The van der Waals surface area contributed by atoms with Gasteiger partial charge in [0.05, 0.1) is 19.1 Å². The van der Waals surface area contributed by atoms with E-state index in [1.54, 1.807) is 41.4 Å². The molecule has 2 aromatic carbocycles. The average Bonchev–Trinajstić information content (AvgIpc) is 3.40. The second kappa shape index (κ2) is 9.24. The lowest BCUT2D eigenvalue weighted by atomic mass is 9.94. The molecule has 0 saturated heterocycles. The summed E-state index contributed by atoms with van der Waals surface area (Å²) in [6.07, 6.45) is 1.80. The molecule has 0 aliphatic rings. The lowest BCUT2D eigenvalue weighted by Gasteiger charge is -2.33. The first kappa shape index (κ1) is 24.0. The van der Waals surface area contributed by atoms with Gasteiger partial charge in [0.15, 0.2) is 10.9 Å². The Bertz CT molecular complexity index is 1350. The molecule has 0 aliphatic heterocycles. The van der Waals surface area contributed by atoms with Gasteiger partial charge in [0, 0.05) is 44.3 Å². The Kier molecular flexibility index (Phi) is 6.51. The van der Waals surface area contributed by atoms with E-state index in [4.69, 9.17) is 16.3 Å². The largest absolute Gasteiger partial charge is 0.496 e. The van der Waals surface area contributed by atoms with Gasteiger partial charge in [-0.2, -0.15) is 0 Å². The average molecular weight is 496 g/mol. The minimum absolute atomic E-state index is 0.0980. The molecule has 8 heteroatoms. The zero-order valence-corrected chi connectivity index (χ0v) is 21.3. The normalized spacial score (nSPS) is 11.6. The highest BCUT2D eigenvalue weighted by atomic mass is 35.5. The number of thiazole rings is 1. The molecule has 1 amide bonds. The number of carbonyl (C=O) groups is 2. The predicted octanol–water partition coefficient (Wildman–Crippen LogP) is 6.20. The molecule has 1 N–H and O–H groups in total. The molecular formula is C26H26ClN3O3S. The number of nitrogens with one attached hydrogen (secondary N) is 1. The maximum Gasteiger partial charge on any atom is 0.233 e. The lowest BCUT2D eigenvalue weighted by Crippen LogP contribution is -2.46. The number of carbonyl (C=O) groups excluding carboxylic acids is 2. The van der Waals surface area contributed by atoms with Crippen molar-refractivity contribution in [2.45, 2.75) is 39.7 Å². The van der Waals surface area contributed by atoms with Gasteiger partial charge in [-0.05, 0) is 69.7 Å². The highest BCUT2D eigenvalue weighted by Gasteiger charge is 2.32. The molecule has 0 radical (unpaired) electrons. The fourth-order valence-corrected chi connectivity index (χ4v) is 5.12. The summed E-state index contributed by atoms with van der Waals surface area (Å²) in [6.45, 7) is 7.85. The van der Waals surface area contributed by atoms with E-state index in [9.17, 15) is 9.59 Å². The Labute approximate surface area is 207 Å². The van der Waals surface area contributed by atoms with Crippen molar-refractivity contribution in [3.8, 4) is 5.75 Å². The van der Waals surface area contributed by atoms with Crippen molar-refractivity contribution < 1.29 is 14.3 Å². The van der Waals surface area contributed by atoms with Crippen LogP contribution in [0.2, 0.25) is 5.02 Å². The van der Waals surface area contributed by atoms with Gasteiger partial charge in [0.25, 0.3) is 0 Å². The van der Waals surface area contributed by atoms with Crippen molar-refractivity contribution >= 4 is 50.7 Å². The summed E-state index contributed by atoms with van der Waals surface area (Å²) in [5.74, 6) is 0.159. The Morgan fingerprint density at radius 3 is 2.44 bits per heavy atom. The number of aryl methyl sites for hydroxylation is 1. The van der Waals surface area contributed by atoms with Crippen molar-refractivity contribution in [3.63, 3.8) is 0 Å². The summed E-state index contributed by atoms with van der Waals surface area (Å²) in [5, 5.41) is 3.74. The standard InChI is InChI=1S/C26H26ClN3O3S/c1-15-18(14-21(31)30(26(2,3)4)25-28-12-13-34-25)22-19(29-15)10-11-20(33-5)23(22)24(32)16-6-8-17(27)9-7-16/h6-13,29H,14H2,1-5H3. The SMILES string of the molecule is COc1ccc2[nH]c(C)c(CC(=O)N(c3nccs3)C(C)(C)C)c2c1C(=O)c1ccc(Cl)cc1. The summed E-state index contributed by atoms with van der Waals surface area (Å²) in [4.78, 5) is 36.7. The minimum Gasteiger partial charge on any atom is -0.496 e. The highest BCUT2D eigenvalue weighted by molar-refractivity contribution is 7.13. The van der Waals surface area contributed by atoms with Crippen LogP contribution in [0.25, 0.3) is 10.9 Å². The Morgan fingerprint density at radius 2 is 1.85 bits per heavy atom. The van der Waals surface area contributed by atoms with Gasteiger partial charge in [0.1, 0.15) is 5.75 Å². The fraction of sp³-hybridized carbons (Fsp3) is 0.269. The second-order valence-electron chi connectivity index (χ2n) is 9.02. The number of hydrogen-bond acceptors (Lipinski definition) is 5. The van der Waals surface area contributed by atoms with Crippen LogP contribution < -0.4 is 9.64 Å². The first-order chi connectivity index (χ1) is 16.1. The predicted molar refractivity (Wildman–Crippen MR) is 138 cm³/mol. The summed E-state index contributed by atoms with van der Waals surface area (Å²) in [6, 6.07) is 10.4. The van der Waals surface area contributed by atoms with E-state index in [1.165, 1.54) is 18.4 Å². The molecule has 176 valence electrons. The van der Waals surface area contributed by atoms with Gasteiger partial charge in [-0.25, -0.2) is 4.98 Å². The number of rotatable bonds is 6. The summed E-state index contributed by atoms with van der Waals surface area (Å²) in [7, 11) is 1.54. The van der Waals surface area contributed by atoms with Crippen LogP contribution in [0.4, 0.5) is 5.13 Å². The van der Waals surface area contributed by atoms with Crippen LogP contribution in [0.5, 0.6) is 5.75 Å². The summed E-state index contributed by atoms with van der Waals surface area (Å²) < 4.78 is 5.59. The molecule has 0 spiro atoms. The molecule has 4 rings (SSSR count). The fourth-order valence-electron chi connectivity index (χ4n) is 4.15. The number of aromatic amines is 1. The number of amides is 1. The molecule has 0 aliphatic carbocycles. The molecule has 0 saturated carbocycles. The first-order valence-electron chi connectivity index (χ1n) is 10.8. The molecule has 4 aromatic rings. The van der Waals surface area contributed by atoms with Crippen LogP contribution in [0, 0.1) is 6.92 Å². The number of fused-ring (bicyclic) bond motifs is 1. The smallest absolute Gasteiger partial charge is 0.233 e. The third-order valence-electron chi connectivity index (χ3n) is 5.66. The van der Waals surface area contributed by atoms with E-state index >= 15 is 0 Å². The first-order valence-corrected chi connectivity index (χ1v) is 12.1. The molecule has 34 heavy (non-hydrogen) atoms. The lowest BCUT2D eigenvalue weighted by molar-refractivity contribution is -0.118. The number of H-pyrrole nitrogens is 1. The number of methoxy groups -OCH3 is 1. The van der Waals surface area contributed by atoms with Crippen LogP contribution in [0.1, 0.15) is 48.0 Å². The van der Waals surface area contributed by atoms with Gasteiger partial charge >= 0.3 is 0 Å². The molecule has 0 unspecified atom stereocenters. The maximum absolute atomic E-state index is 13.6. The zero-order valence-electron chi connectivity index (χ0n) is 19.7. The van der Waals surface area contributed by atoms with Crippen molar-refractivity contribution in [2.24, 2.45) is 0 Å². The highest BCUT2D eigenvalue weighted by Crippen LogP contribution is 2.35. The molecule has 0 bridgehead atoms. The number of benzene rings is 2. The number of hydrogen-bond donors (Lipinski definition) is 1. The number of aromatic nitrogens is 2. The van der Waals surface area contributed by atoms with E-state index < -0.39 is 5.54 Å². The number of anilines is 1. The second-order valence-corrected chi connectivity index (χ2v) is 10.3. The number of ether oxygens (including phenoxy) is 1. The molecule has 2 heterocycles. The molecule has 6 nitrogen and oxygen atoms in total. The summed E-state index contributed by atoms with van der Waals surface area (Å²) >= 11 is 7.44. The Hall–Kier alpha value is -3.16. The quantitative estimate of drug-likeness (QED) is 0.323. The van der Waals surface area contributed by atoms with E-state index in [2.05, 4.69) is 9.97 Å². The van der Waals surface area contributed by atoms with E-state index in [0.717, 1.165) is 16.8 Å². The van der Waals surface area contributed by atoms with Crippen LogP contribution in [-0.4, -0.2) is 34.3 Å². The van der Waals surface area contributed by atoms with Crippen molar-refractivity contribution in [2.75, 3.05) is 12.0 Å². The van der Waals surface area contributed by atoms with Crippen LogP contribution in [0.15, 0.2) is 48.0 Å². The van der Waals surface area contributed by atoms with Crippen LogP contribution >= 0.6 is 22.9 Å². The molecule has 2 aromatic heterocycles. The van der Waals surface area contributed by atoms with E-state index in [1.807, 2.05) is 39.1 Å². The van der Waals surface area contributed by atoms with Gasteiger partial charge in [-0.3, -0.25) is 14.5 Å². The van der Waals surface area contributed by atoms with Gasteiger partial charge < -0.3 is 9.72 Å². The van der Waals surface area contributed by atoms with Gasteiger partial charge in [0.2, 0.25) is 5.91 Å². The van der Waals surface area contributed by atoms with Crippen LogP contribution in [0.3, 0.4) is 0 Å². The Morgan fingerprint density at radius 1 is 1.15 bits per heavy atom. The van der Waals surface area contributed by atoms with Crippen molar-refractivity contribution in [3.05, 3.63) is 75.4 Å². The number of halogens is 1. The molecular weight excluding hydrogens is 470 g/mol.